The first kappa shape index (κ1) is 22.0. The molecule has 10 heteroatoms. The normalized spacial score (nSPS) is 15.2. The number of rotatable bonds is 6. The molecule has 1 aromatic heterocycles. The van der Waals surface area contributed by atoms with Crippen LogP contribution in [0.1, 0.15) is 36.0 Å². The summed E-state index contributed by atoms with van der Waals surface area (Å²) in [6.45, 7) is 1.05. The Bertz CT molecular complexity index is 1170. The molecule has 1 fully saturated rings. The Morgan fingerprint density at radius 1 is 0.969 bits per heavy atom. The molecule has 32 heavy (non-hydrogen) atoms. The Morgan fingerprint density at radius 3 is 2.25 bits per heavy atom. The average Bonchev–Trinajstić information content (AvgIpc) is 3.10. The van der Waals surface area contributed by atoms with Gasteiger partial charge < -0.3 is 9.15 Å². The molecule has 0 spiro atoms. The summed E-state index contributed by atoms with van der Waals surface area (Å²) in [6.07, 6.45) is 3.81. The van der Waals surface area contributed by atoms with Crippen LogP contribution in [0.4, 0.5) is 6.01 Å². The van der Waals surface area contributed by atoms with Crippen molar-refractivity contribution in [3.63, 3.8) is 0 Å². The lowest BCUT2D eigenvalue weighted by atomic mass is 10.2. The molecule has 1 saturated heterocycles. The quantitative estimate of drug-likeness (QED) is 0.603. The van der Waals surface area contributed by atoms with Gasteiger partial charge in [0.25, 0.3) is 5.91 Å². The molecule has 9 nitrogen and oxygen atoms in total. The van der Waals surface area contributed by atoms with Crippen LogP contribution in [0.25, 0.3) is 11.5 Å². The summed E-state index contributed by atoms with van der Waals surface area (Å²) in [7, 11) is -1.99. The van der Waals surface area contributed by atoms with E-state index < -0.39 is 15.9 Å². The van der Waals surface area contributed by atoms with E-state index in [1.807, 2.05) is 0 Å². The molecule has 3 aromatic rings. The number of hydrogen-bond acceptors (Lipinski definition) is 7. The summed E-state index contributed by atoms with van der Waals surface area (Å²) >= 11 is 0. The third-order valence-electron chi connectivity index (χ3n) is 5.30. The number of hydrogen-bond donors (Lipinski definition) is 1. The Balaban J connectivity index is 1.43. The molecule has 1 aliphatic rings. The van der Waals surface area contributed by atoms with Gasteiger partial charge in [-0.3, -0.25) is 10.1 Å². The Morgan fingerprint density at radius 2 is 1.62 bits per heavy atom. The fraction of sp³-hybridized carbons (Fsp3) is 0.318. The van der Waals surface area contributed by atoms with Crippen molar-refractivity contribution in [2.45, 2.75) is 30.6 Å². The molecule has 1 N–H and O–H groups in total. The van der Waals surface area contributed by atoms with E-state index >= 15 is 0 Å². The zero-order valence-electron chi connectivity index (χ0n) is 17.7. The van der Waals surface area contributed by atoms with Crippen molar-refractivity contribution in [1.82, 2.24) is 14.5 Å². The van der Waals surface area contributed by atoms with Crippen molar-refractivity contribution in [1.29, 1.82) is 0 Å². The predicted octanol–water partition coefficient (Wildman–Crippen LogP) is 3.56. The lowest BCUT2D eigenvalue weighted by Crippen LogP contribution is -2.31. The minimum Gasteiger partial charge on any atom is -0.497 e. The van der Waals surface area contributed by atoms with Gasteiger partial charge in [0.05, 0.1) is 12.0 Å². The largest absolute Gasteiger partial charge is 0.497 e. The Kier molecular flexibility index (Phi) is 6.52. The van der Waals surface area contributed by atoms with Crippen LogP contribution < -0.4 is 10.1 Å². The number of benzene rings is 2. The van der Waals surface area contributed by atoms with Gasteiger partial charge in [-0.2, -0.15) is 4.31 Å². The second-order valence-corrected chi connectivity index (χ2v) is 9.38. The molecule has 0 radical (unpaired) electrons. The van der Waals surface area contributed by atoms with Crippen molar-refractivity contribution in [2.75, 3.05) is 25.5 Å². The SMILES string of the molecule is COc1ccc(-c2nnc(NC(=O)c3ccc(S(=O)(=O)N4CCCCCC4)cc3)o2)cc1. The molecule has 0 atom stereocenters. The number of anilines is 1. The summed E-state index contributed by atoms with van der Waals surface area (Å²) in [6, 6.07) is 12.8. The molecule has 0 bridgehead atoms. The number of carbonyl (C=O) groups is 1. The highest BCUT2D eigenvalue weighted by Crippen LogP contribution is 2.24. The maximum Gasteiger partial charge on any atom is 0.322 e. The minimum atomic E-state index is -3.57. The van der Waals surface area contributed by atoms with Crippen LogP contribution in [0.5, 0.6) is 5.75 Å². The van der Waals surface area contributed by atoms with Gasteiger partial charge >= 0.3 is 6.01 Å². The lowest BCUT2D eigenvalue weighted by molar-refractivity contribution is 0.102. The number of amides is 1. The van der Waals surface area contributed by atoms with Gasteiger partial charge in [-0.1, -0.05) is 17.9 Å². The molecule has 1 aliphatic heterocycles. The van der Waals surface area contributed by atoms with Gasteiger partial charge in [-0.15, -0.1) is 5.10 Å². The van der Waals surface area contributed by atoms with Crippen molar-refractivity contribution in [3.8, 4) is 17.2 Å². The fourth-order valence-corrected chi connectivity index (χ4v) is 5.02. The number of methoxy groups -OCH3 is 1. The van der Waals surface area contributed by atoms with E-state index in [9.17, 15) is 13.2 Å². The Labute approximate surface area is 186 Å². The number of nitrogens with one attached hydrogen (secondary N) is 1. The van der Waals surface area contributed by atoms with Crippen LogP contribution >= 0.6 is 0 Å². The second-order valence-electron chi connectivity index (χ2n) is 7.44. The van der Waals surface area contributed by atoms with Crippen LogP contribution in [0, 0.1) is 0 Å². The molecule has 2 aromatic carbocycles. The summed E-state index contributed by atoms with van der Waals surface area (Å²) in [5, 5.41) is 10.3. The summed E-state index contributed by atoms with van der Waals surface area (Å²) < 4.78 is 37.9. The van der Waals surface area contributed by atoms with E-state index in [1.165, 1.54) is 28.6 Å². The van der Waals surface area contributed by atoms with Gasteiger partial charge in [-0.25, -0.2) is 8.42 Å². The van der Waals surface area contributed by atoms with Gasteiger partial charge in [0, 0.05) is 24.2 Å². The first-order valence-electron chi connectivity index (χ1n) is 10.4. The van der Waals surface area contributed by atoms with Crippen LogP contribution in [0.15, 0.2) is 57.8 Å². The molecule has 4 rings (SSSR count). The molecule has 0 aliphatic carbocycles. The number of aromatic nitrogens is 2. The molecule has 168 valence electrons. The molecule has 1 amide bonds. The summed E-state index contributed by atoms with van der Waals surface area (Å²) in [5.41, 5.74) is 0.964. The highest BCUT2D eigenvalue weighted by Gasteiger charge is 2.25. The van der Waals surface area contributed by atoms with Crippen LogP contribution in [0.3, 0.4) is 0 Å². The summed E-state index contributed by atoms with van der Waals surface area (Å²) in [4.78, 5) is 12.7. The highest BCUT2D eigenvalue weighted by molar-refractivity contribution is 7.89. The maximum absolute atomic E-state index is 12.9. The van der Waals surface area contributed by atoms with Gasteiger partial charge in [-0.05, 0) is 61.4 Å². The minimum absolute atomic E-state index is 0.0536. The van der Waals surface area contributed by atoms with Crippen molar-refractivity contribution < 1.29 is 22.4 Å². The molecular weight excluding hydrogens is 432 g/mol. The third kappa shape index (κ3) is 4.81. The van der Waals surface area contributed by atoms with Crippen LogP contribution in [0.2, 0.25) is 0 Å². The topological polar surface area (TPSA) is 115 Å². The van der Waals surface area contributed by atoms with E-state index in [0.29, 0.717) is 24.4 Å². The first-order valence-corrected chi connectivity index (χ1v) is 11.8. The predicted molar refractivity (Wildman–Crippen MR) is 118 cm³/mol. The van der Waals surface area contributed by atoms with Crippen LogP contribution in [-0.4, -0.2) is 49.0 Å². The van der Waals surface area contributed by atoms with Gasteiger partial charge in [0.15, 0.2) is 0 Å². The van der Waals surface area contributed by atoms with E-state index in [0.717, 1.165) is 25.7 Å². The van der Waals surface area contributed by atoms with Crippen molar-refractivity contribution in [3.05, 3.63) is 54.1 Å². The highest BCUT2D eigenvalue weighted by atomic mass is 32.2. The summed E-state index contributed by atoms with van der Waals surface area (Å²) in [5.74, 6) is 0.471. The average molecular weight is 457 g/mol. The number of sulfonamides is 1. The van der Waals surface area contributed by atoms with Crippen LogP contribution in [-0.2, 0) is 10.0 Å². The van der Waals surface area contributed by atoms with E-state index in [4.69, 9.17) is 9.15 Å². The molecule has 0 unspecified atom stereocenters. The van der Waals surface area contributed by atoms with Crippen molar-refractivity contribution in [2.24, 2.45) is 0 Å². The lowest BCUT2D eigenvalue weighted by Gasteiger charge is -2.19. The number of ether oxygens (including phenoxy) is 1. The zero-order chi connectivity index (χ0) is 22.6. The molecule has 2 heterocycles. The smallest absolute Gasteiger partial charge is 0.322 e. The Hall–Kier alpha value is -3.24. The molecular formula is C22H24N4O5S. The molecule has 0 saturated carbocycles. The number of carbonyl (C=O) groups excluding carboxylic acids is 1. The van der Waals surface area contributed by atoms with Gasteiger partial charge in [0.2, 0.25) is 15.9 Å². The second kappa shape index (κ2) is 9.49. The fourth-order valence-electron chi connectivity index (χ4n) is 3.50. The monoisotopic (exact) mass is 456 g/mol. The van der Waals surface area contributed by atoms with E-state index in [1.54, 1.807) is 31.4 Å². The third-order valence-corrected chi connectivity index (χ3v) is 7.21. The van der Waals surface area contributed by atoms with Gasteiger partial charge in [0.1, 0.15) is 5.75 Å². The standard InChI is InChI=1S/C22H24N4O5S/c1-30-18-10-6-17(7-11-18)21-24-25-22(31-21)23-20(27)16-8-12-19(13-9-16)32(28,29)26-14-4-2-3-5-15-26/h6-13H,2-5,14-15H2,1H3,(H,23,25,27). The van der Waals surface area contributed by atoms with E-state index in [-0.39, 0.29) is 22.4 Å². The zero-order valence-corrected chi connectivity index (χ0v) is 18.5. The first-order chi connectivity index (χ1) is 15.5. The van der Waals surface area contributed by atoms with Crippen molar-refractivity contribution >= 4 is 21.9 Å². The number of nitrogens with zero attached hydrogens (tertiary/aromatic N) is 3. The maximum atomic E-state index is 12.9. The van der Waals surface area contributed by atoms with E-state index in [2.05, 4.69) is 15.5 Å².